The normalized spacial score (nSPS) is 12.5. The van der Waals surface area contributed by atoms with Gasteiger partial charge in [-0.1, -0.05) is 60.7 Å². The molecule has 3 aromatic heterocycles. The Morgan fingerprint density at radius 3 is 2.22 bits per heavy atom. The molecule has 3 heterocycles. The highest BCUT2D eigenvalue weighted by Gasteiger charge is 2.19. The number of para-hydroxylation sites is 2. The maximum absolute atomic E-state index is 4.61. The van der Waals surface area contributed by atoms with Crippen molar-refractivity contribution in [2.24, 2.45) is 0 Å². The van der Waals surface area contributed by atoms with Crippen molar-refractivity contribution in [3.05, 3.63) is 133 Å². The summed E-state index contributed by atoms with van der Waals surface area (Å²) in [6.07, 6.45) is 11.4. The summed E-state index contributed by atoms with van der Waals surface area (Å²) in [6.45, 7) is 0. The van der Waals surface area contributed by atoms with E-state index in [0.717, 1.165) is 34.9 Å². The molecule has 3 aromatic carbocycles. The van der Waals surface area contributed by atoms with Gasteiger partial charge in [-0.25, -0.2) is 0 Å². The van der Waals surface area contributed by atoms with E-state index in [1.165, 1.54) is 22.2 Å². The fourth-order valence-corrected chi connectivity index (χ4v) is 5.12. The van der Waals surface area contributed by atoms with Gasteiger partial charge in [0.15, 0.2) is 11.6 Å². The van der Waals surface area contributed by atoms with Gasteiger partial charge in [-0.2, -0.15) is 0 Å². The van der Waals surface area contributed by atoms with Crippen molar-refractivity contribution in [1.82, 2.24) is 24.3 Å². The van der Waals surface area contributed by atoms with Crippen molar-refractivity contribution in [3.8, 4) is 34.3 Å². The summed E-state index contributed by atoms with van der Waals surface area (Å²) < 4.78 is 4.42. The lowest BCUT2D eigenvalue weighted by Crippen LogP contribution is -2.01. The summed E-state index contributed by atoms with van der Waals surface area (Å²) in [6, 6.07) is 33.2. The quantitative estimate of drug-likeness (QED) is 0.273. The zero-order valence-corrected chi connectivity index (χ0v) is 20.1. The summed E-state index contributed by atoms with van der Waals surface area (Å²) in [5, 5.41) is 10.5. The zero-order chi connectivity index (χ0) is 24.6. The minimum atomic E-state index is 0.713. The van der Waals surface area contributed by atoms with Crippen LogP contribution in [0.2, 0.25) is 0 Å². The van der Waals surface area contributed by atoms with Crippen molar-refractivity contribution < 1.29 is 0 Å². The van der Waals surface area contributed by atoms with Crippen molar-refractivity contribution in [3.63, 3.8) is 0 Å². The number of allylic oxidation sites excluding steroid dienone is 3. The maximum atomic E-state index is 4.61. The molecule has 0 radical (unpaired) electrons. The third-order valence-electron chi connectivity index (χ3n) is 6.80. The SMILES string of the molecule is C1=CCc2c(n(-c3ccc(-c4nnc(-c5ccccn5)n4-c4ccccc4)cc3)c3ccccc23)C=C1. The van der Waals surface area contributed by atoms with E-state index in [0.29, 0.717) is 5.82 Å². The predicted octanol–water partition coefficient (Wildman–Crippen LogP) is 7.07. The van der Waals surface area contributed by atoms with E-state index >= 15 is 0 Å². The maximum Gasteiger partial charge on any atom is 0.187 e. The second-order valence-corrected chi connectivity index (χ2v) is 8.99. The molecule has 7 rings (SSSR count). The van der Waals surface area contributed by atoms with Crippen molar-refractivity contribution in [2.45, 2.75) is 6.42 Å². The number of aromatic nitrogens is 5. The topological polar surface area (TPSA) is 48.5 Å². The second kappa shape index (κ2) is 8.88. The van der Waals surface area contributed by atoms with Crippen LogP contribution in [0.25, 0.3) is 51.3 Å². The molecule has 37 heavy (non-hydrogen) atoms. The molecule has 0 spiro atoms. The molecule has 0 N–H and O–H groups in total. The molecule has 1 aliphatic rings. The molecule has 0 atom stereocenters. The van der Waals surface area contributed by atoms with Gasteiger partial charge < -0.3 is 4.57 Å². The first-order chi connectivity index (χ1) is 18.4. The van der Waals surface area contributed by atoms with Crippen LogP contribution in [-0.4, -0.2) is 24.3 Å². The van der Waals surface area contributed by atoms with Crippen LogP contribution in [0, 0.1) is 0 Å². The summed E-state index contributed by atoms with van der Waals surface area (Å²) in [5.74, 6) is 1.49. The Morgan fingerprint density at radius 2 is 1.38 bits per heavy atom. The van der Waals surface area contributed by atoms with Crippen LogP contribution in [0.15, 0.2) is 121 Å². The number of hydrogen-bond donors (Lipinski definition) is 0. The van der Waals surface area contributed by atoms with E-state index in [2.05, 4.69) is 109 Å². The first-order valence-electron chi connectivity index (χ1n) is 12.4. The average Bonchev–Trinajstić information content (AvgIpc) is 3.45. The molecule has 0 saturated carbocycles. The standard InChI is InChI=1S/C32H23N5/c1-3-11-24(12-4-1)37-31(34-35-32(37)28-15-9-10-22-33-28)23-18-20-25(21-19-23)36-29-16-6-2-5-13-26(29)27-14-7-8-17-30(27)36/h1-12,14-22H,13H2. The van der Waals surface area contributed by atoms with Crippen molar-refractivity contribution in [2.75, 3.05) is 0 Å². The third-order valence-corrected chi connectivity index (χ3v) is 6.80. The number of rotatable bonds is 4. The molecule has 0 fully saturated rings. The van der Waals surface area contributed by atoms with Crippen LogP contribution in [0.1, 0.15) is 11.3 Å². The average molecular weight is 478 g/mol. The molecule has 5 heteroatoms. The second-order valence-electron chi connectivity index (χ2n) is 8.99. The summed E-state index contributed by atoms with van der Waals surface area (Å²) in [5.41, 5.74) is 7.67. The minimum absolute atomic E-state index is 0.713. The Kier molecular flexibility index (Phi) is 5.10. The molecule has 1 aliphatic carbocycles. The number of benzene rings is 3. The highest BCUT2D eigenvalue weighted by Crippen LogP contribution is 2.34. The van der Waals surface area contributed by atoms with Gasteiger partial charge in [0.05, 0.1) is 11.2 Å². The summed E-state index contributed by atoms with van der Waals surface area (Å²) in [4.78, 5) is 4.53. The minimum Gasteiger partial charge on any atom is -0.310 e. The highest BCUT2D eigenvalue weighted by molar-refractivity contribution is 5.90. The number of hydrogen-bond acceptors (Lipinski definition) is 3. The fourth-order valence-electron chi connectivity index (χ4n) is 5.12. The highest BCUT2D eigenvalue weighted by atomic mass is 15.3. The Bertz CT molecular complexity index is 1770. The fraction of sp³-hybridized carbons (Fsp3) is 0.0312. The Morgan fingerprint density at radius 1 is 0.622 bits per heavy atom. The molecular weight excluding hydrogens is 454 g/mol. The van der Waals surface area contributed by atoms with Crippen LogP contribution in [0.4, 0.5) is 0 Å². The number of nitrogens with zero attached hydrogens (tertiary/aromatic N) is 5. The molecule has 6 aromatic rings. The van der Waals surface area contributed by atoms with Crippen LogP contribution in [-0.2, 0) is 6.42 Å². The Hall–Kier alpha value is -5.03. The summed E-state index contributed by atoms with van der Waals surface area (Å²) in [7, 11) is 0. The Balaban J connectivity index is 1.37. The van der Waals surface area contributed by atoms with E-state index in [-0.39, 0.29) is 0 Å². The van der Waals surface area contributed by atoms with E-state index in [4.69, 9.17) is 0 Å². The zero-order valence-electron chi connectivity index (χ0n) is 20.1. The lowest BCUT2D eigenvalue weighted by Gasteiger charge is -2.12. The van der Waals surface area contributed by atoms with E-state index < -0.39 is 0 Å². The predicted molar refractivity (Wildman–Crippen MR) is 149 cm³/mol. The van der Waals surface area contributed by atoms with Gasteiger partial charge in [-0.15, -0.1) is 10.2 Å². The number of pyridine rings is 1. The molecule has 0 amide bonds. The molecule has 0 aliphatic heterocycles. The van der Waals surface area contributed by atoms with Gasteiger partial charge in [-0.3, -0.25) is 9.55 Å². The summed E-state index contributed by atoms with van der Waals surface area (Å²) >= 11 is 0. The lowest BCUT2D eigenvalue weighted by atomic mass is 10.1. The first kappa shape index (κ1) is 21.3. The largest absolute Gasteiger partial charge is 0.310 e. The molecule has 5 nitrogen and oxygen atoms in total. The number of fused-ring (bicyclic) bond motifs is 3. The van der Waals surface area contributed by atoms with Gasteiger partial charge in [-0.05, 0) is 72.7 Å². The van der Waals surface area contributed by atoms with Gasteiger partial charge in [0.25, 0.3) is 0 Å². The monoisotopic (exact) mass is 477 g/mol. The Labute approximate surface area is 214 Å². The molecule has 0 saturated heterocycles. The third kappa shape index (κ3) is 3.60. The van der Waals surface area contributed by atoms with Crippen LogP contribution < -0.4 is 0 Å². The van der Waals surface area contributed by atoms with Crippen LogP contribution >= 0.6 is 0 Å². The van der Waals surface area contributed by atoms with Crippen LogP contribution in [0.5, 0.6) is 0 Å². The van der Waals surface area contributed by atoms with Gasteiger partial charge in [0, 0.05) is 28.5 Å². The molecule has 0 bridgehead atoms. The van der Waals surface area contributed by atoms with E-state index in [9.17, 15) is 0 Å². The van der Waals surface area contributed by atoms with E-state index in [1.54, 1.807) is 6.20 Å². The van der Waals surface area contributed by atoms with Gasteiger partial charge in [0.1, 0.15) is 5.69 Å². The smallest absolute Gasteiger partial charge is 0.187 e. The van der Waals surface area contributed by atoms with Crippen molar-refractivity contribution in [1.29, 1.82) is 0 Å². The van der Waals surface area contributed by atoms with Gasteiger partial charge >= 0.3 is 0 Å². The van der Waals surface area contributed by atoms with Gasteiger partial charge in [0.2, 0.25) is 0 Å². The molecule has 0 unspecified atom stereocenters. The molecule has 176 valence electrons. The first-order valence-corrected chi connectivity index (χ1v) is 12.4. The van der Waals surface area contributed by atoms with E-state index in [1.807, 2.05) is 36.4 Å². The van der Waals surface area contributed by atoms with Crippen LogP contribution in [0.3, 0.4) is 0 Å². The van der Waals surface area contributed by atoms with Crippen molar-refractivity contribution >= 4 is 17.0 Å². The molecular formula is C32H23N5. The lowest BCUT2D eigenvalue weighted by molar-refractivity contribution is 1.05.